The maximum absolute atomic E-state index is 5.94. The summed E-state index contributed by atoms with van der Waals surface area (Å²) in [6.45, 7) is 6.96. The average molecular weight is 237 g/mol. The molecule has 2 nitrogen and oxygen atoms in total. The predicted octanol–water partition coefficient (Wildman–Crippen LogP) is 2.97. The molecule has 0 aromatic carbocycles. The highest BCUT2D eigenvalue weighted by molar-refractivity contribution is 5.10. The first-order chi connectivity index (χ1) is 8.19. The Morgan fingerprint density at radius 1 is 1.18 bits per heavy atom. The summed E-state index contributed by atoms with van der Waals surface area (Å²) in [5, 5.41) is 3.83. The van der Waals surface area contributed by atoms with Gasteiger partial charge in [0.15, 0.2) is 0 Å². The summed E-state index contributed by atoms with van der Waals surface area (Å²) in [4.78, 5) is 0. The van der Waals surface area contributed by atoms with Crippen LogP contribution in [0.1, 0.15) is 52.4 Å². The first-order valence-electron chi connectivity index (χ1n) is 7.54. The van der Waals surface area contributed by atoms with Gasteiger partial charge < -0.3 is 10.1 Å². The van der Waals surface area contributed by atoms with Crippen LogP contribution in [0.4, 0.5) is 0 Å². The van der Waals surface area contributed by atoms with E-state index in [1.165, 1.54) is 45.1 Å². The van der Waals surface area contributed by atoms with Crippen molar-refractivity contribution in [2.75, 3.05) is 13.2 Å². The third-order valence-corrected chi connectivity index (χ3v) is 5.47. The van der Waals surface area contributed by atoms with Crippen LogP contribution in [0, 0.1) is 17.3 Å². The minimum Gasteiger partial charge on any atom is -0.377 e. The second-order valence-electron chi connectivity index (χ2n) is 6.94. The lowest BCUT2D eigenvalue weighted by Gasteiger charge is -2.60. The molecule has 1 heterocycles. The number of hydrogen-bond acceptors (Lipinski definition) is 2. The van der Waals surface area contributed by atoms with Crippen molar-refractivity contribution in [1.82, 2.24) is 5.32 Å². The second-order valence-corrected chi connectivity index (χ2v) is 6.94. The van der Waals surface area contributed by atoms with Gasteiger partial charge >= 0.3 is 0 Å². The molecule has 3 unspecified atom stereocenters. The summed E-state index contributed by atoms with van der Waals surface area (Å²) in [5.41, 5.74) is 0.352. The molecule has 2 aliphatic carbocycles. The van der Waals surface area contributed by atoms with Crippen molar-refractivity contribution in [3.63, 3.8) is 0 Å². The lowest BCUT2D eigenvalue weighted by atomic mass is 9.55. The fraction of sp³-hybridized carbons (Fsp3) is 1.00. The Balaban J connectivity index is 1.48. The topological polar surface area (TPSA) is 21.3 Å². The van der Waals surface area contributed by atoms with Crippen LogP contribution in [-0.4, -0.2) is 25.3 Å². The van der Waals surface area contributed by atoms with Crippen molar-refractivity contribution >= 4 is 0 Å². The van der Waals surface area contributed by atoms with Gasteiger partial charge in [-0.15, -0.1) is 0 Å². The van der Waals surface area contributed by atoms with Crippen LogP contribution in [0.5, 0.6) is 0 Å². The molecule has 3 aliphatic rings. The van der Waals surface area contributed by atoms with Crippen LogP contribution in [0.2, 0.25) is 0 Å². The predicted molar refractivity (Wildman–Crippen MR) is 70.0 cm³/mol. The third kappa shape index (κ3) is 2.04. The van der Waals surface area contributed by atoms with Crippen molar-refractivity contribution < 1.29 is 4.74 Å². The zero-order valence-corrected chi connectivity index (χ0v) is 11.4. The maximum atomic E-state index is 5.94. The van der Waals surface area contributed by atoms with Crippen LogP contribution in [0.15, 0.2) is 0 Å². The molecule has 0 spiro atoms. The zero-order chi connectivity index (χ0) is 11.9. The SMILES string of the molecule is CC1(C)C(NCCC2CCC2)C2CCCOC21. The van der Waals surface area contributed by atoms with Gasteiger partial charge in [-0.25, -0.2) is 0 Å². The molecular weight excluding hydrogens is 210 g/mol. The Bertz CT molecular complexity index is 272. The number of rotatable bonds is 4. The van der Waals surface area contributed by atoms with Gasteiger partial charge in [-0.1, -0.05) is 33.1 Å². The number of fused-ring (bicyclic) bond motifs is 1. The molecule has 1 aliphatic heterocycles. The number of ether oxygens (including phenoxy) is 1. The van der Waals surface area contributed by atoms with E-state index in [2.05, 4.69) is 19.2 Å². The molecule has 1 saturated heterocycles. The van der Waals surface area contributed by atoms with E-state index in [0.29, 0.717) is 17.6 Å². The van der Waals surface area contributed by atoms with Crippen molar-refractivity contribution in [3.05, 3.63) is 0 Å². The summed E-state index contributed by atoms with van der Waals surface area (Å²) in [6, 6.07) is 0.702. The number of nitrogens with one attached hydrogen (secondary N) is 1. The highest BCUT2D eigenvalue weighted by Gasteiger charge is 2.57. The van der Waals surface area contributed by atoms with E-state index in [1.54, 1.807) is 0 Å². The Kier molecular flexibility index (Phi) is 3.20. The summed E-state index contributed by atoms with van der Waals surface area (Å²) < 4.78 is 5.94. The third-order valence-electron chi connectivity index (χ3n) is 5.47. The Morgan fingerprint density at radius 3 is 2.71 bits per heavy atom. The van der Waals surface area contributed by atoms with Gasteiger partial charge in [0.05, 0.1) is 6.10 Å². The van der Waals surface area contributed by atoms with Gasteiger partial charge in [0.25, 0.3) is 0 Å². The molecule has 0 aromatic heterocycles. The highest BCUT2D eigenvalue weighted by Crippen LogP contribution is 2.51. The molecule has 0 bridgehead atoms. The standard InChI is InChI=1S/C15H27NO/c1-15(2)13(12-7-4-10-17-14(12)15)16-9-8-11-5-3-6-11/h11-14,16H,3-10H2,1-2H3. The van der Waals surface area contributed by atoms with Crippen molar-refractivity contribution in [3.8, 4) is 0 Å². The van der Waals surface area contributed by atoms with Gasteiger partial charge in [0.2, 0.25) is 0 Å². The molecule has 17 heavy (non-hydrogen) atoms. The minimum atomic E-state index is 0.352. The fourth-order valence-electron chi connectivity index (χ4n) is 4.16. The van der Waals surface area contributed by atoms with E-state index in [-0.39, 0.29) is 0 Å². The van der Waals surface area contributed by atoms with E-state index >= 15 is 0 Å². The van der Waals surface area contributed by atoms with Gasteiger partial charge in [0, 0.05) is 24.0 Å². The van der Waals surface area contributed by atoms with E-state index in [0.717, 1.165) is 18.4 Å². The molecule has 2 saturated carbocycles. The first-order valence-corrected chi connectivity index (χ1v) is 7.54. The van der Waals surface area contributed by atoms with Crippen LogP contribution >= 0.6 is 0 Å². The quantitative estimate of drug-likeness (QED) is 0.811. The largest absolute Gasteiger partial charge is 0.377 e. The average Bonchev–Trinajstić information content (AvgIpc) is 2.26. The Morgan fingerprint density at radius 2 is 2.00 bits per heavy atom. The second kappa shape index (κ2) is 4.55. The van der Waals surface area contributed by atoms with Crippen molar-refractivity contribution in [2.45, 2.75) is 64.5 Å². The maximum Gasteiger partial charge on any atom is 0.0684 e. The van der Waals surface area contributed by atoms with Crippen molar-refractivity contribution in [1.29, 1.82) is 0 Å². The molecular formula is C15H27NO. The molecule has 98 valence electrons. The summed E-state index contributed by atoms with van der Waals surface area (Å²) >= 11 is 0. The van der Waals surface area contributed by atoms with Gasteiger partial charge in [-0.3, -0.25) is 0 Å². The Hall–Kier alpha value is -0.0800. The van der Waals surface area contributed by atoms with Gasteiger partial charge in [-0.2, -0.15) is 0 Å². The first kappa shape index (κ1) is 12.0. The summed E-state index contributed by atoms with van der Waals surface area (Å²) in [6.07, 6.45) is 8.98. The van der Waals surface area contributed by atoms with Gasteiger partial charge in [0.1, 0.15) is 0 Å². The normalized spacial score (nSPS) is 40.2. The highest BCUT2D eigenvalue weighted by atomic mass is 16.5. The summed E-state index contributed by atoms with van der Waals surface area (Å²) in [7, 11) is 0. The smallest absolute Gasteiger partial charge is 0.0684 e. The van der Waals surface area contributed by atoms with E-state index < -0.39 is 0 Å². The molecule has 0 aromatic rings. The van der Waals surface area contributed by atoms with Crippen LogP contribution in [-0.2, 0) is 4.74 Å². The monoisotopic (exact) mass is 237 g/mol. The fourth-order valence-corrected chi connectivity index (χ4v) is 4.16. The molecule has 3 rings (SSSR count). The lowest BCUT2D eigenvalue weighted by Crippen LogP contribution is -2.69. The molecule has 1 N–H and O–H groups in total. The molecule has 0 radical (unpaired) electrons. The van der Waals surface area contributed by atoms with Gasteiger partial charge in [-0.05, 0) is 31.7 Å². The van der Waals surface area contributed by atoms with Crippen LogP contribution in [0.3, 0.4) is 0 Å². The zero-order valence-electron chi connectivity index (χ0n) is 11.4. The Labute approximate surface area is 105 Å². The molecule has 2 heteroatoms. The molecule has 3 atom stereocenters. The van der Waals surface area contributed by atoms with E-state index in [9.17, 15) is 0 Å². The minimum absolute atomic E-state index is 0.352. The van der Waals surface area contributed by atoms with Crippen LogP contribution in [0.25, 0.3) is 0 Å². The van der Waals surface area contributed by atoms with E-state index in [4.69, 9.17) is 4.74 Å². The summed E-state index contributed by atoms with van der Waals surface area (Å²) in [5.74, 6) is 1.82. The lowest BCUT2D eigenvalue weighted by molar-refractivity contribution is -0.192. The van der Waals surface area contributed by atoms with E-state index in [1.807, 2.05) is 0 Å². The number of hydrogen-bond donors (Lipinski definition) is 1. The molecule has 3 fully saturated rings. The molecule has 0 amide bonds. The van der Waals surface area contributed by atoms with Crippen molar-refractivity contribution in [2.24, 2.45) is 17.3 Å². The van der Waals surface area contributed by atoms with Crippen LogP contribution < -0.4 is 5.32 Å².